The molecule has 0 bridgehead atoms. The van der Waals surface area contributed by atoms with Crippen molar-refractivity contribution in [3.8, 4) is 23.5 Å². The molecule has 0 saturated heterocycles. The van der Waals surface area contributed by atoms with Crippen LogP contribution in [0, 0.1) is 12.3 Å². The molecule has 2 aromatic carbocycles. The van der Waals surface area contributed by atoms with Gasteiger partial charge >= 0.3 is 0 Å². The quantitative estimate of drug-likeness (QED) is 0.565. The van der Waals surface area contributed by atoms with Crippen molar-refractivity contribution in [1.82, 2.24) is 0 Å². The molecule has 20 heavy (non-hydrogen) atoms. The Balaban J connectivity index is 2.07. The molecule has 0 aliphatic heterocycles. The molecule has 0 spiro atoms. The van der Waals surface area contributed by atoms with Crippen molar-refractivity contribution in [2.75, 3.05) is 6.61 Å². The SMILES string of the molecule is C#CCOCc1ccc(-c2ccc(C(C)C)cc2)cc1. The molecule has 0 amide bonds. The molecule has 0 saturated carbocycles. The third kappa shape index (κ3) is 3.73. The first kappa shape index (κ1) is 14.4. The van der Waals surface area contributed by atoms with Gasteiger partial charge in [-0.15, -0.1) is 6.42 Å². The zero-order valence-electron chi connectivity index (χ0n) is 12.1. The van der Waals surface area contributed by atoms with Gasteiger partial charge in [0.25, 0.3) is 0 Å². The van der Waals surface area contributed by atoms with Crippen molar-refractivity contribution in [1.29, 1.82) is 0 Å². The molecule has 0 aromatic heterocycles. The highest BCUT2D eigenvalue weighted by Crippen LogP contribution is 2.23. The molecule has 0 atom stereocenters. The predicted octanol–water partition coefficient (Wildman–Crippen LogP) is 4.63. The second kappa shape index (κ2) is 6.93. The van der Waals surface area contributed by atoms with Crippen molar-refractivity contribution in [2.24, 2.45) is 0 Å². The average Bonchev–Trinajstić information content (AvgIpc) is 2.48. The first-order valence-corrected chi connectivity index (χ1v) is 6.91. The second-order valence-electron chi connectivity index (χ2n) is 5.17. The average molecular weight is 264 g/mol. The molecule has 0 fully saturated rings. The zero-order valence-corrected chi connectivity index (χ0v) is 12.1. The van der Waals surface area contributed by atoms with Crippen LogP contribution in [0.1, 0.15) is 30.9 Å². The number of rotatable bonds is 5. The molecule has 1 nitrogen and oxygen atoms in total. The van der Waals surface area contributed by atoms with Crippen LogP contribution in [0.2, 0.25) is 0 Å². The summed E-state index contributed by atoms with van der Waals surface area (Å²) in [5, 5.41) is 0. The summed E-state index contributed by atoms with van der Waals surface area (Å²) in [5.74, 6) is 3.04. The highest BCUT2D eigenvalue weighted by molar-refractivity contribution is 5.64. The Labute approximate surface area is 121 Å². The van der Waals surface area contributed by atoms with E-state index in [0.29, 0.717) is 19.1 Å². The molecule has 0 N–H and O–H groups in total. The molecule has 102 valence electrons. The first-order chi connectivity index (χ1) is 9.70. The fourth-order valence-corrected chi connectivity index (χ4v) is 2.08. The highest BCUT2D eigenvalue weighted by Gasteiger charge is 2.01. The summed E-state index contributed by atoms with van der Waals surface area (Å²) < 4.78 is 5.32. The number of ether oxygens (including phenoxy) is 1. The molecule has 0 aliphatic carbocycles. The van der Waals surface area contributed by atoms with Crippen molar-refractivity contribution in [3.05, 3.63) is 59.7 Å². The van der Waals surface area contributed by atoms with E-state index in [1.54, 1.807) is 0 Å². The third-order valence-corrected chi connectivity index (χ3v) is 3.32. The van der Waals surface area contributed by atoms with Crippen molar-refractivity contribution in [2.45, 2.75) is 26.4 Å². The van der Waals surface area contributed by atoms with Gasteiger partial charge in [0, 0.05) is 0 Å². The second-order valence-corrected chi connectivity index (χ2v) is 5.17. The lowest BCUT2D eigenvalue weighted by molar-refractivity contribution is 0.153. The van der Waals surface area contributed by atoms with Crippen LogP contribution in [0.25, 0.3) is 11.1 Å². The van der Waals surface area contributed by atoms with E-state index in [2.05, 4.69) is 68.3 Å². The van der Waals surface area contributed by atoms with E-state index in [9.17, 15) is 0 Å². The van der Waals surface area contributed by atoms with Gasteiger partial charge in [-0.1, -0.05) is 68.3 Å². The fraction of sp³-hybridized carbons (Fsp3) is 0.263. The normalized spacial score (nSPS) is 10.5. The smallest absolute Gasteiger partial charge is 0.107 e. The molecule has 0 unspecified atom stereocenters. The summed E-state index contributed by atoms with van der Waals surface area (Å²) in [6.07, 6.45) is 5.15. The number of hydrogen-bond donors (Lipinski definition) is 0. The summed E-state index contributed by atoms with van der Waals surface area (Å²) in [7, 11) is 0. The van der Waals surface area contributed by atoms with Gasteiger partial charge in [-0.2, -0.15) is 0 Å². The first-order valence-electron chi connectivity index (χ1n) is 6.91. The van der Waals surface area contributed by atoms with Gasteiger partial charge < -0.3 is 4.74 Å². The minimum absolute atomic E-state index is 0.360. The lowest BCUT2D eigenvalue weighted by atomic mass is 9.98. The maximum atomic E-state index is 5.32. The Morgan fingerprint density at radius 2 is 1.50 bits per heavy atom. The van der Waals surface area contributed by atoms with E-state index in [1.165, 1.54) is 16.7 Å². The number of terminal acetylenes is 1. The summed E-state index contributed by atoms with van der Waals surface area (Å²) in [5.41, 5.74) is 4.97. The molecule has 0 heterocycles. The standard InChI is InChI=1S/C19H20O/c1-4-13-20-14-16-5-7-18(8-6-16)19-11-9-17(10-12-19)15(2)3/h1,5-12,15H,13-14H2,2-3H3. The van der Waals surface area contributed by atoms with Crippen LogP contribution >= 0.6 is 0 Å². The van der Waals surface area contributed by atoms with Crippen molar-refractivity contribution < 1.29 is 4.74 Å². The lowest BCUT2D eigenvalue weighted by Gasteiger charge is -2.08. The van der Waals surface area contributed by atoms with Crippen LogP contribution in [-0.4, -0.2) is 6.61 Å². The van der Waals surface area contributed by atoms with Gasteiger partial charge in [0.1, 0.15) is 6.61 Å². The maximum absolute atomic E-state index is 5.32. The molecule has 2 rings (SSSR count). The zero-order chi connectivity index (χ0) is 14.4. The summed E-state index contributed by atoms with van der Waals surface area (Å²) in [6.45, 7) is 5.34. The number of hydrogen-bond acceptors (Lipinski definition) is 1. The summed E-state index contributed by atoms with van der Waals surface area (Å²) >= 11 is 0. The Hall–Kier alpha value is -2.04. The summed E-state index contributed by atoms with van der Waals surface area (Å²) in [4.78, 5) is 0. The van der Waals surface area contributed by atoms with Crippen LogP contribution < -0.4 is 0 Å². The molecule has 0 radical (unpaired) electrons. The van der Waals surface area contributed by atoms with E-state index < -0.39 is 0 Å². The van der Waals surface area contributed by atoms with E-state index in [4.69, 9.17) is 11.2 Å². The fourth-order valence-electron chi connectivity index (χ4n) is 2.08. The van der Waals surface area contributed by atoms with Crippen LogP contribution in [-0.2, 0) is 11.3 Å². The van der Waals surface area contributed by atoms with E-state index in [0.717, 1.165) is 5.56 Å². The van der Waals surface area contributed by atoms with Gasteiger partial charge in [-0.3, -0.25) is 0 Å². The van der Waals surface area contributed by atoms with E-state index in [-0.39, 0.29) is 0 Å². The van der Waals surface area contributed by atoms with Gasteiger partial charge in [0.2, 0.25) is 0 Å². The topological polar surface area (TPSA) is 9.23 Å². The van der Waals surface area contributed by atoms with Crippen molar-refractivity contribution >= 4 is 0 Å². The van der Waals surface area contributed by atoms with Gasteiger partial charge in [-0.25, -0.2) is 0 Å². The molecule has 0 aliphatic rings. The van der Waals surface area contributed by atoms with Crippen molar-refractivity contribution in [3.63, 3.8) is 0 Å². The van der Waals surface area contributed by atoms with Crippen LogP contribution in [0.4, 0.5) is 0 Å². The maximum Gasteiger partial charge on any atom is 0.107 e. The highest BCUT2D eigenvalue weighted by atomic mass is 16.5. The number of benzene rings is 2. The minimum atomic E-state index is 0.360. The third-order valence-electron chi connectivity index (χ3n) is 3.32. The van der Waals surface area contributed by atoms with Gasteiger partial charge in [0.05, 0.1) is 6.61 Å². The molecular weight excluding hydrogens is 244 g/mol. The minimum Gasteiger partial charge on any atom is -0.364 e. The summed E-state index contributed by atoms with van der Waals surface area (Å²) in [6, 6.07) is 17.2. The Morgan fingerprint density at radius 1 is 0.950 bits per heavy atom. The van der Waals surface area contributed by atoms with Gasteiger partial charge in [-0.05, 0) is 28.2 Å². The molecular formula is C19H20O. The Bertz CT molecular complexity index is 571. The largest absolute Gasteiger partial charge is 0.364 e. The monoisotopic (exact) mass is 264 g/mol. The Morgan fingerprint density at radius 3 is 2.00 bits per heavy atom. The van der Waals surface area contributed by atoms with E-state index >= 15 is 0 Å². The molecule has 2 aromatic rings. The Kier molecular flexibility index (Phi) is 4.98. The molecule has 1 heteroatoms. The lowest BCUT2D eigenvalue weighted by Crippen LogP contribution is -1.92. The van der Waals surface area contributed by atoms with Crippen LogP contribution in [0.5, 0.6) is 0 Å². The predicted molar refractivity (Wildman–Crippen MR) is 84.5 cm³/mol. The van der Waals surface area contributed by atoms with Gasteiger partial charge in [0.15, 0.2) is 0 Å². The van der Waals surface area contributed by atoms with Crippen LogP contribution in [0.15, 0.2) is 48.5 Å². The van der Waals surface area contributed by atoms with E-state index in [1.807, 2.05) is 0 Å². The van der Waals surface area contributed by atoms with Crippen LogP contribution in [0.3, 0.4) is 0 Å².